The first-order chi connectivity index (χ1) is 13.4. The number of thiocarbonyl (C=S) groups is 1. The quantitative estimate of drug-likeness (QED) is 0.504. The third-order valence-electron chi connectivity index (χ3n) is 4.55. The molecule has 3 rings (SSSR count). The van der Waals surface area contributed by atoms with Crippen molar-refractivity contribution in [1.82, 2.24) is 16.2 Å². The van der Waals surface area contributed by atoms with Gasteiger partial charge in [-0.2, -0.15) is 0 Å². The van der Waals surface area contributed by atoms with Crippen molar-refractivity contribution >= 4 is 33.1 Å². The van der Waals surface area contributed by atoms with Gasteiger partial charge < -0.3 is 9.73 Å². The Morgan fingerprint density at radius 1 is 1.04 bits per heavy atom. The summed E-state index contributed by atoms with van der Waals surface area (Å²) in [6.45, 7) is 0. The van der Waals surface area contributed by atoms with Crippen LogP contribution in [0.15, 0.2) is 51.8 Å². The summed E-state index contributed by atoms with van der Waals surface area (Å²) in [6, 6.07) is 11.3. The van der Waals surface area contributed by atoms with Gasteiger partial charge in [-0.25, -0.2) is 8.42 Å². The number of benzene rings is 1. The second kappa shape index (κ2) is 9.20. The number of carbonyl (C=O) groups is 1. The van der Waals surface area contributed by atoms with Crippen molar-refractivity contribution in [3.63, 3.8) is 0 Å². The third kappa shape index (κ3) is 5.56. The van der Waals surface area contributed by atoms with Crippen LogP contribution < -0.4 is 16.2 Å². The number of amides is 1. The highest BCUT2D eigenvalue weighted by Crippen LogP contribution is 2.18. The highest BCUT2D eigenvalue weighted by atomic mass is 32.2. The van der Waals surface area contributed by atoms with Gasteiger partial charge in [-0.1, -0.05) is 37.5 Å². The summed E-state index contributed by atoms with van der Waals surface area (Å²) in [4.78, 5) is 12.4. The maximum Gasteiger partial charge on any atom is 0.305 e. The average Bonchev–Trinajstić information content (AvgIpc) is 3.15. The maximum absolute atomic E-state index is 12.4. The number of hydrogen-bond donors (Lipinski definition) is 3. The molecule has 1 fully saturated rings. The van der Waals surface area contributed by atoms with Gasteiger partial charge in [0.05, 0.1) is 4.90 Å². The molecule has 150 valence electrons. The second-order valence-corrected chi connectivity index (χ2v) is 9.12. The molecule has 0 aliphatic heterocycles. The van der Waals surface area contributed by atoms with Crippen molar-refractivity contribution in [2.75, 3.05) is 0 Å². The van der Waals surface area contributed by atoms with Gasteiger partial charge in [0.25, 0.3) is 0 Å². The zero-order valence-electron chi connectivity index (χ0n) is 15.3. The lowest BCUT2D eigenvalue weighted by Crippen LogP contribution is -2.50. The van der Waals surface area contributed by atoms with Crippen LogP contribution in [-0.4, -0.2) is 25.5 Å². The van der Waals surface area contributed by atoms with Crippen molar-refractivity contribution in [1.29, 1.82) is 0 Å². The molecule has 2 aromatic rings. The lowest BCUT2D eigenvalue weighted by Gasteiger charge is -2.24. The van der Waals surface area contributed by atoms with Crippen LogP contribution in [0.4, 0.5) is 0 Å². The Balaban J connectivity index is 1.51. The smallest absolute Gasteiger partial charge is 0.305 e. The van der Waals surface area contributed by atoms with Crippen LogP contribution in [0.2, 0.25) is 0 Å². The molecule has 1 aromatic carbocycles. The lowest BCUT2D eigenvalue weighted by molar-refractivity contribution is 0.0914. The molecule has 7 nitrogen and oxygen atoms in total. The van der Waals surface area contributed by atoms with Crippen molar-refractivity contribution in [3.05, 3.63) is 54.0 Å². The minimum Gasteiger partial charge on any atom is -0.455 e. The number of sulfone groups is 1. The molecule has 3 N–H and O–H groups in total. The van der Waals surface area contributed by atoms with E-state index < -0.39 is 15.7 Å². The SMILES string of the molecule is O=C(NNC(=S)NC1CCCCC1)c1ccc(CS(=O)(=O)c2ccccc2)o1. The predicted molar refractivity (Wildman–Crippen MR) is 109 cm³/mol. The first-order valence-corrected chi connectivity index (χ1v) is 11.2. The molecule has 1 heterocycles. The summed E-state index contributed by atoms with van der Waals surface area (Å²) in [6.07, 6.45) is 5.72. The summed E-state index contributed by atoms with van der Waals surface area (Å²) in [7, 11) is -3.54. The molecule has 1 aliphatic rings. The maximum atomic E-state index is 12.4. The van der Waals surface area contributed by atoms with E-state index in [4.69, 9.17) is 16.6 Å². The van der Waals surface area contributed by atoms with E-state index in [1.807, 2.05) is 0 Å². The number of furan rings is 1. The molecule has 0 unspecified atom stereocenters. The molecule has 0 saturated heterocycles. The van der Waals surface area contributed by atoms with Gasteiger partial charge in [0.15, 0.2) is 20.7 Å². The fourth-order valence-electron chi connectivity index (χ4n) is 3.12. The molecule has 0 bridgehead atoms. The minimum absolute atomic E-state index is 0.00577. The number of carbonyl (C=O) groups excluding carboxylic acids is 1. The fraction of sp³-hybridized carbons (Fsp3) is 0.368. The average molecular weight is 422 g/mol. The molecule has 0 spiro atoms. The van der Waals surface area contributed by atoms with E-state index in [0.29, 0.717) is 11.2 Å². The summed E-state index contributed by atoms with van der Waals surface area (Å²) < 4.78 is 30.2. The highest BCUT2D eigenvalue weighted by molar-refractivity contribution is 7.90. The van der Waals surface area contributed by atoms with E-state index in [-0.39, 0.29) is 22.2 Å². The Labute approximate surface area is 169 Å². The monoisotopic (exact) mass is 421 g/mol. The van der Waals surface area contributed by atoms with E-state index in [0.717, 1.165) is 12.8 Å². The largest absolute Gasteiger partial charge is 0.455 e. The Hall–Kier alpha value is -2.39. The number of hydrogen-bond acceptors (Lipinski definition) is 5. The third-order valence-corrected chi connectivity index (χ3v) is 6.42. The van der Waals surface area contributed by atoms with Gasteiger partial charge in [-0.3, -0.25) is 15.6 Å². The summed E-state index contributed by atoms with van der Waals surface area (Å²) in [5.74, 6) is -0.654. The normalized spacial score (nSPS) is 15.0. The second-order valence-electron chi connectivity index (χ2n) is 6.73. The number of rotatable bonds is 5. The number of nitrogens with one attached hydrogen (secondary N) is 3. The van der Waals surface area contributed by atoms with E-state index in [2.05, 4.69) is 16.2 Å². The van der Waals surface area contributed by atoms with Crippen LogP contribution in [0.1, 0.15) is 48.4 Å². The summed E-state index contributed by atoms with van der Waals surface area (Å²) in [5.41, 5.74) is 5.11. The van der Waals surface area contributed by atoms with Crippen LogP contribution in [0, 0.1) is 0 Å². The summed E-state index contributed by atoms with van der Waals surface area (Å²) in [5, 5.41) is 3.52. The van der Waals surface area contributed by atoms with Crippen LogP contribution >= 0.6 is 12.2 Å². The molecular formula is C19H23N3O4S2. The van der Waals surface area contributed by atoms with Crippen LogP contribution in [-0.2, 0) is 15.6 Å². The fourth-order valence-corrected chi connectivity index (χ4v) is 4.61. The van der Waals surface area contributed by atoms with E-state index in [1.165, 1.54) is 43.5 Å². The first-order valence-electron chi connectivity index (χ1n) is 9.17. The van der Waals surface area contributed by atoms with Crippen LogP contribution in [0.5, 0.6) is 0 Å². The molecule has 1 aromatic heterocycles. The molecular weight excluding hydrogens is 398 g/mol. The number of hydrazine groups is 1. The predicted octanol–water partition coefficient (Wildman–Crippen LogP) is 2.70. The topological polar surface area (TPSA) is 100 Å². The lowest BCUT2D eigenvalue weighted by atomic mass is 9.96. The van der Waals surface area contributed by atoms with Crippen molar-refractivity contribution in [2.45, 2.75) is 48.8 Å². The molecule has 1 aliphatic carbocycles. The van der Waals surface area contributed by atoms with E-state index in [9.17, 15) is 13.2 Å². The zero-order chi connectivity index (χ0) is 20.0. The van der Waals surface area contributed by atoms with Gasteiger partial charge in [0.1, 0.15) is 11.5 Å². The Kier molecular flexibility index (Phi) is 6.69. The summed E-state index contributed by atoms with van der Waals surface area (Å²) >= 11 is 5.19. The Bertz CT molecular complexity index is 920. The molecule has 9 heteroatoms. The molecule has 0 atom stereocenters. The molecule has 1 saturated carbocycles. The first kappa shape index (κ1) is 20.3. The van der Waals surface area contributed by atoms with Gasteiger partial charge in [-0.05, 0) is 49.3 Å². The highest BCUT2D eigenvalue weighted by Gasteiger charge is 2.19. The van der Waals surface area contributed by atoms with E-state index in [1.54, 1.807) is 18.2 Å². The van der Waals surface area contributed by atoms with Crippen molar-refractivity contribution in [3.8, 4) is 0 Å². The van der Waals surface area contributed by atoms with Gasteiger partial charge in [0, 0.05) is 6.04 Å². The van der Waals surface area contributed by atoms with Gasteiger partial charge in [0.2, 0.25) is 0 Å². The zero-order valence-corrected chi connectivity index (χ0v) is 16.9. The molecule has 0 radical (unpaired) electrons. The van der Waals surface area contributed by atoms with Gasteiger partial charge in [-0.15, -0.1) is 0 Å². The minimum atomic E-state index is -3.54. The standard InChI is InChI=1S/C19H23N3O4S2/c23-18(21-22-19(27)20-14-7-3-1-4-8-14)17-12-11-15(26-17)13-28(24,25)16-9-5-2-6-10-16/h2,5-6,9-12,14H,1,3-4,7-8,13H2,(H,21,23)(H2,20,22,27). The Morgan fingerprint density at radius 2 is 1.75 bits per heavy atom. The molecule has 1 amide bonds. The van der Waals surface area contributed by atoms with Crippen molar-refractivity contribution < 1.29 is 17.6 Å². The van der Waals surface area contributed by atoms with Crippen LogP contribution in [0.25, 0.3) is 0 Å². The Morgan fingerprint density at radius 3 is 2.46 bits per heavy atom. The van der Waals surface area contributed by atoms with Crippen molar-refractivity contribution in [2.24, 2.45) is 0 Å². The molecule has 28 heavy (non-hydrogen) atoms. The van der Waals surface area contributed by atoms with Crippen LogP contribution in [0.3, 0.4) is 0 Å². The van der Waals surface area contributed by atoms with E-state index >= 15 is 0 Å². The van der Waals surface area contributed by atoms with Gasteiger partial charge >= 0.3 is 5.91 Å².